The average Bonchev–Trinajstić information content (AvgIpc) is 3.13. The lowest BCUT2D eigenvalue weighted by molar-refractivity contribution is -0.146. The fraction of sp³-hybridized carbons (Fsp3) is 0.250. The van der Waals surface area contributed by atoms with E-state index in [9.17, 15) is 14.4 Å². The number of hydrogen-bond donors (Lipinski definition) is 1. The van der Waals surface area contributed by atoms with Crippen LogP contribution in [0.15, 0.2) is 47.4 Å². The van der Waals surface area contributed by atoms with E-state index in [1.807, 2.05) is 30.3 Å². The second-order valence-electron chi connectivity index (χ2n) is 6.04. The van der Waals surface area contributed by atoms with Crippen molar-refractivity contribution < 1.29 is 28.6 Å². The van der Waals surface area contributed by atoms with E-state index in [0.29, 0.717) is 11.5 Å². The van der Waals surface area contributed by atoms with Crippen LogP contribution in [-0.2, 0) is 14.3 Å². The molecule has 1 aliphatic heterocycles. The molecule has 0 fully saturated rings. The number of amides is 1. The molecular weight excluding hydrogens is 382 g/mol. The number of carbonyl (C=O) groups is 3. The van der Waals surface area contributed by atoms with Gasteiger partial charge in [-0.25, -0.2) is 0 Å². The van der Waals surface area contributed by atoms with Crippen LogP contribution in [0.3, 0.4) is 0 Å². The van der Waals surface area contributed by atoms with Gasteiger partial charge in [-0.1, -0.05) is 18.2 Å². The van der Waals surface area contributed by atoms with Crippen LogP contribution in [0.2, 0.25) is 0 Å². The Balaban J connectivity index is 1.57. The van der Waals surface area contributed by atoms with E-state index >= 15 is 0 Å². The lowest BCUT2D eigenvalue weighted by Gasteiger charge is -2.13. The summed E-state index contributed by atoms with van der Waals surface area (Å²) >= 11 is 1.35. The fourth-order valence-corrected chi connectivity index (χ4v) is 3.42. The van der Waals surface area contributed by atoms with Crippen LogP contribution in [0.5, 0.6) is 11.5 Å². The molecule has 3 rings (SSSR count). The minimum absolute atomic E-state index is 0.0542. The Morgan fingerprint density at radius 3 is 2.50 bits per heavy atom. The highest BCUT2D eigenvalue weighted by molar-refractivity contribution is 8.00. The Morgan fingerprint density at radius 1 is 1.14 bits per heavy atom. The van der Waals surface area contributed by atoms with Gasteiger partial charge in [0, 0.05) is 16.5 Å². The summed E-state index contributed by atoms with van der Waals surface area (Å²) in [6, 6.07) is 12.5. The highest BCUT2D eigenvalue weighted by Crippen LogP contribution is 2.37. The number of anilines is 1. The Labute approximate surface area is 166 Å². The number of esters is 1. The number of thioether (sulfide) groups is 1. The number of Topliss-reactive ketones (excluding diaryl/α,β-unsaturated/α-hetero) is 1. The fourth-order valence-electron chi connectivity index (χ4n) is 2.53. The Kier molecular flexibility index (Phi) is 6.20. The molecule has 1 N–H and O–H groups in total. The molecule has 0 saturated carbocycles. The van der Waals surface area contributed by atoms with Crippen molar-refractivity contribution in [3.8, 4) is 11.5 Å². The largest absolute Gasteiger partial charge is 0.455 e. The summed E-state index contributed by atoms with van der Waals surface area (Å²) in [5.74, 6) is -0.404. The van der Waals surface area contributed by atoms with Gasteiger partial charge in [0.25, 0.3) is 5.91 Å². The highest BCUT2D eigenvalue weighted by Gasteiger charge is 2.21. The van der Waals surface area contributed by atoms with Gasteiger partial charge in [0.05, 0.1) is 5.69 Å². The third kappa shape index (κ3) is 4.83. The van der Waals surface area contributed by atoms with Gasteiger partial charge in [-0.3, -0.25) is 14.4 Å². The molecule has 7 nitrogen and oxygen atoms in total. The molecule has 0 spiro atoms. The summed E-state index contributed by atoms with van der Waals surface area (Å²) in [4.78, 5) is 37.1. The number of hydrogen-bond acceptors (Lipinski definition) is 7. The van der Waals surface area contributed by atoms with Crippen molar-refractivity contribution in [2.75, 3.05) is 18.7 Å². The molecule has 0 aromatic heterocycles. The van der Waals surface area contributed by atoms with Gasteiger partial charge >= 0.3 is 5.97 Å². The third-order valence-corrected chi connectivity index (χ3v) is 4.99. The van der Waals surface area contributed by atoms with Crippen molar-refractivity contribution in [1.29, 1.82) is 0 Å². The van der Waals surface area contributed by atoms with Crippen LogP contribution in [0.4, 0.5) is 5.69 Å². The quantitative estimate of drug-likeness (QED) is 0.432. The first-order chi connectivity index (χ1) is 13.4. The Bertz CT molecular complexity index is 899. The zero-order valence-corrected chi connectivity index (χ0v) is 16.2. The molecule has 1 amide bonds. The molecular formula is C20H19NO6S. The van der Waals surface area contributed by atoms with Gasteiger partial charge in [-0.15, -0.1) is 11.8 Å². The van der Waals surface area contributed by atoms with Crippen LogP contribution < -0.4 is 14.8 Å². The summed E-state index contributed by atoms with van der Waals surface area (Å²) in [7, 11) is 0. The second-order valence-corrected chi connectivity index (χ2v) is 7.45. The van der Waals surface area contributed by atoms with E-state index in [4.69, 9.17) is 14.2 Å². The van der Waals surface area contributed by atoms with Crippen molar-refractivity contribution in [3.05, 3.63) is 48.0 Å². The molecule has 146 valence electrons. The number of carbonyl (C=O) groups excluding carboxylic acids is 3. The van der Waals surface area contributed by atoms with Gasteiger partial charge in [0.2, 0.25) is 6.79 Å². The molecule has 0 bridgehead atoms. The maximum atomic E-state index is 12.2. The maximum Gasteiger partial charge on any atom is 0.319 e. The van der Waals surface area contributed by atoms with Gasteiger partial charge in [-0.05, 0) is 32.0 Å². The first kappa shape index (κ1) is 19.8. The summed E-state index contributed by atoms with van der Waals surface area (Å²) < 4.78 is 15.6. The normalized spacial score (nSPS) is 12.9. The molecule has 0 radical (unpaired) electrons. The van der Waals surface area contributed by atoms with Crippen molar-refractivity contribution in [2.45, 2.75) is 24.0 Å². The van der Waals surface area contributed by atoms with Gasteiger partial charge in [0.1, 0.15) is 5.25 Å². The van der Waals surface area contributed by atoms with Crippen molar-refractivity contribution in [2.24, 2.45) is 0 Å². The van der Waals surface area contributed by atoms with E-state index in [1.165, 1.54) is 30.8 Å². The van der Waals surface area contributed by atoms with E-state index < -0.39 is 23.7 Å². The van der Waals surface area contributed by atoms with Crippen LogP contribution >= 0.6 is 11.8 Å². The van der Waals surface area contributed by atoms with Crippen LogP contribution in [0, 0.1) is 0 Å². The molecule has 28 heavy (non-hydrogen) atoms. The molecule has 0 aliphatic carbocycles. The smallest absolute Gasteiger partial charge is 0.319 e. The molecule has 2 aromatic carbocycles. The predicted molar refractivity (Wildman–Crippen MR) is 104 cm³/mol. The highest BCUT2D eigenvalue weighted by atomic mass is 32.2. The topological polar surface area (TPSA) is 90.9 Å². The summed E-state index contributed by atoms with van der Waals surface area (Å²) in [5, 5.41) is 2.12. The minimum Gasteiger partial charge on any atom is -0.455 e. The van der Waals surface area contributed by atoms with Crippen LogP contribution in [0.25, 0.3) is 0 Å². The monoisotopic (exact) mass is 401 g/mol. The number of ketones is 1. The number of benzene rings is 2. The summed E-state index contributed by atoms with van der Waals surface area (Å²) in [5.41, 5.74) is 0.571. The zero-order valence-electron chi connectivity index (χ0n) is 15.4. The van der Waals surface area contributed by atoms with Crippen molar-refractivity contribution >= 4 is 35.1 Å². The van der Waals surface area contributed by atoms with Crippen molar-refractivity contribution in [3.63, 3.8) is 0 Å². The van der Waals surface area contributed by atoms with Crippen LogP contribution in [0.1, 0.15) is 24.2 Å². The van der Waals surface area contributed by atoms with Gasteiger partial charge < -0.3 is 19.5 Å². The number of ether oxygens (including phenoxy) is 3. The first-order valence-corrected chi connectivity index (χ1v) is 9.45. The van der Waals surface area contributed by atoms with Gasteiger partial charge in [0.15, 0.2) is 23.9 Å². The van der Waals surface area contributed by atoms with Crippen molar-refractivity contribution in [1.82, 2.24) is 0 Å². The predicted octanol–water partition coefficient (Wildman–Crippen LogP) is 3.28. The molecule has 1 aliphatic rings. The Morgan fingerprint density at radius 2 is 1.82 bits per heavy atom. The third-order valence-electron chi connectivity index (χ3n) is 3.90. The lowest BCUT2D eigenvalue weighted by atomic mass is 10.1. The number of rotatable bonds is 7. The molecule has 2 aromatic rings. The maximum absolute atomic E-state index is 12.2. The Hall–Kier alpha value is -3.00. The average molecular weight is 401 g/mol. The molecule has 1 atom stereocenters. The van der Waals surface area contributed by atoms with E-state index in [0.717, 1.165) is 4.90 Å². The SMILES string of the molecule is CC(=O)c1cc2c(cc1NC(=O)COC(=O)[C@H](C)Sc1ccccc1)OCO2. The summed E-state index contributed by atoms with van der Waals surface area (Å²) in [6.45, 7) is 2.70. The van der Waals surface area contributed by atoms with Crippen LogP contribution in [-0.4, -0.2) is 36.3 Å². The van der Waals surface area contributed by atoms with E-state index in [-0.39, 0.29) is 23.8 Å². The zero-order chi connectivity index (χ0) is 20.1. The first-order valence-electron chi connectivity index (χ1n) is 8.57. The second kappa shape index (κ2) is 8.79. The van der Waals surface area contributed by atoms with E-state index in [1.54, 1.807) is 6.92 Å². The van der Waals surface area contributed by atoms with E-state index in [2.05, 4.69) is 5.32 Å². The molecule has 8 heteroatoms. The molecule has 0 saturated heterocycles. The number of fused-ring (bicyclic) bond motifs is 1. The summed E-state index contributed by atoms with van der Waals surface area (Å²) in [6.07, 6.45) is 0. The number of nitrogens with one attached hydrogen (secondary N) is 1. The molecule has 0 unspecified atom stereocenters. The minimum atomic E-state index is -0.549. The lowest BCUT2D eigenvalue weighted by Crippen LogP contribution is -2.25. The molecule has 1 heterocycles. The standard InChI is InChI=1S/C20H19NO6S/c1-12(22)15-8-17-18(27-11-26-17)9-16(15)21-19(23)10-25-20(24)13(2)28-14-6-4-3-5-7-14/h3-9,13H,10-11H2,1-2H3,(H,21,23)/t13-/m0/s1. The van der Waals surface area contributed by atoms with Gasteiger partial charge in [-0.2, -0.15) is 0 Å².